The number of aliphatic hydroxyl groups is 1. The minimum atomic E-state index is -0.519. The molecule has 0 aliphatic heterocycles. The van der Waals surface area contributed by atoms with Crippen LogP contribution in [0.5, 0.6) is 17.2 Å². The van der Waals surface area contributed by atoms with E-state index in [2.05, 4.69) is 15.9 Å². The molecular weight excluding hydrogens is 308 g/mol. The van der Waals surface area contributed by atoms with Crippen LogP contribution < -0.4 is 9.47 Å². The van der Waals surface area contributed by atoms with E-state index in [0.717, 1.165) is 10.0 Å². The first-order valence-electron chi connectivity index (χ1n) is 5.90. The minimum Gasteiger partial charge on any atom is -0.493 e. The molecule has 3 nitrogen and oxygen atoms in total. The Morgan fingerprint density at radius 1 is 1.11 bits per heavy atom. The fourth-order valence-electron chi connectivity index (χ4n) is 1.74. The van der Waals surface area contributed by atoms with Crippen molar-refractivity contribution >= 4 is 15.9 Å². The highest BCUT2D eigenvalue weighted by Gasteiger charge is 2.09. The third-order valence-electron chi connectivity index (χ3n) is 2.72. The highest BCUT2D eigenvalue weighted by atomic mass is 79.9. The maximum atomic E-state index is 9.58. The van der Waals surface area contributed by atoms with Crippen LogP contribution in [0.4, 0.5) is 0 Å². The second-order valence-corrected chi connectivity index (χ2v) is 4.97. The molecule has 0 heterocycles. The molecule has 0 amide bonds. The van der Waals surface area contributed by atoms with Gasteiger partial charge in [-0.05, 0) is 36.8 Å². The van der Waals surface area contributed by atoms with Crippen LogP contribution in [0.25, 0.3) is 0 Å². The van der Waals surface area contributed by atoms with Crippen LogP contribution >= 0.6 is 15.9 Å². The number of para-hydroxylation sites is 2. The Hall–Kier alpha value is -1.52. The number of methoxy groups -OCH3 is 1. The number of halogens is 1. The topological polar surface area (TPSA) is 38.7 Å². The fourth-order valence-corrected chi connectivity index (χ4v) is 2.43. The highest BCUT2D eigenvalue weighted by Crippen LogP contribution is 2.34. The van der Waals surface area contributed by atoms with E-state index in [1.165, 1.54) is 0 Å². The van der Waals surface area contributed by atoms with Crippen LogP contribution in [0.15, 0.2) is 46.9 Å². The zero-order chi connectivity index (χ0) is 13.8. The molecule has 1 atom stereocenters. The van der Waals surface area contributed by atoms with Crippen molar-refractivity contribution in [3.63, 3.8) is 0 Å². The van der Waals surface area contributed by atoms with E-state index in [-0.39, 0.29) is 0 Å². The van der Waals surface area contributed by atoms with Gasteiger partial charge in [0.2, 0.25) is 0 Å². The van der Waals surface area contributed by atoms with Gasteiger partial charge in [-0.15, -0.1) is 0 Å². The van der Waals surface area contributed by atoms with Crippen molar-refractivity contribution in [2.24, 2.45) is 0 Å². The molecule has 0 aliphatic carbocycles. The van der Waals surface area contributed by atoms with E-state index < -0.39 is 6.10 Å². The molecule has 0 saturated heterocycles. The molecule has 0 saturated carbocycles. The van der Waals surface area contributed by atoms with Gasteiger partial charge in [-0.25, -0.2) is 0 Å². The number of hydrogen-bond acceptors (Lipinski definition) is 3. The molecule has 0 bridgehead atoms. The van der Waals surface area contributed by atoms with Gasteiger partial charge >= 0.3 is 0 Å². The zero-order valence-electron chi connectivity index (χ0n) is 10.8. The van der Waals surface area contributed by atoms with Crippen molar-refractivity contribution in [3.8, 4) is 17.2 Å². The molecule has 0 aromatic heterocycles. The van der Waals surface area contributed by atoms with Crippen molar-refractivity contribution in [1.82, 2.24) is 0 Å². The smallest absolute Gasteiger partial charge is 0.169 e. The van der Waals surface area contributed by atoms with Crippen LogP contribution in [-0.4, -0.2) is 12.2 Å². The standard InChI is InChI=1S/C15H15BrO3/c1-10(17)12-8-7-11(9-13(12)16)19-15-6-4-3-5-14(15)18-2/h3-10,17H,1-2H3/t10-/m0/s1. The normalized spacial score (nSPS) is 12.0. The first-order chi connectivity index (χ1) is 9.11. The first kappa shape index (κ1) is 13.9. The van der Waals surface area contributed by atoms with Gasteiger partial charge in [-0.2, -0.15) is 0 Å². The molecule has 0 radical (unpaired) electrons. The Morgan fingerprint density at radius 3 is 2.37 bits per heavy atom. The lowest BCUT2D eigenvalue weighted by molar-refractivity contribution is 0.198. The zero-order valence-corrected chi connectivity index (χ0v) is 12.3. The third kappa shape index (κ3) is 3.28. The van der Waals surface area contributed by atoms with Gasteiger partial charge in [-0.3, -0.25) is 0 Å². The van der Waals surface area contributed by atoms with Crippen LogP contribution in [-0.2, 0) is 0 Å². The summed E-state index contributed by atoms with van der Waals surface area (Å²) in [5.41, 5.74) is 0.826. The second-order valence-electron chi connectivity index (χ2n) is 4.11. The molecule has 0 aliphatic rings. The fraction of sp³-hybridized carbons (Fsp3) is 0.200. The molecule has 2 rings (SSSR count). The summed E-state index contributed by atoms with van der Waals surface area (Å²) in [6, 6.07) is 12.9. The Kier molecular flexibility index (Phi) is 4.45. The van der Waals surface area contributed by atoms with Crippen LogP contribution in [0.2, 0.25) is 0 Å². The van der Waals surface area contributed by atoms with Crippen LogP contribution in [0, 0.1) is 0 Å². The largest absolute Gasteiger partial charge is 0.493 e. The van der Waals surface area contributed by atoms with E-state index in [1.54, 1.807) is 14.0 Å². The molecule has 0 spiro atoms. The number of aliphatic hydroxyl groups excluding tert-OH is 1. The number of ether oxygens (including phenoxy) is 2. The summed E-state index contributed by atoms with van der Waals surface area (Å²) >= 11 is 3.43. The maximum absolute atomic E-state index is 9.58. The van der Waals surface area contributed by atoms with Gasteiger partial charge in [0.05, 0.1) is 13.2 Å². The van der Waals surface area contributed by atoms with E-state index >= 15 is 0 Å². The summed E-state index contributed by atoms with van der Waals surface area (Å²) in [6.45, 7) is 1.72. The van der Waals surface area contributed by atoms with E-state index in [9.17, 15) is 5.11 Å². The lowest BCUT2D eigenvalue weighted by Crippen LogP contribution is -1.94. The predicted molar refractivity (Wildman–Crippen MR) is 77.8 cm³/mol. The minimum absolute atomic E-state index is 0.519. The Morgan fingerprint density at radius 2 is 1.79 bits per heavy atom. The summed E-state index contributed by atoms with van der Waals surface area (Å²) in [6.07, 6.45) is -0.519. The molecule has 2 aromatic carbocycles. The Balaban J connectivity index is 2.26. The van der Waals surface area contributed by atoms with Crippen molar-refractivity contribution in [2.75, 3.05) is 7.11 Å². The Bertz CT molecular complexity index is 567. The molecule has 100 valence electrons. The van der Waals surface area contributed by atoms with Gasteiger partial charge in [0, 0.05) is 4.47 Å². The van der Waals surface area contributed by atoms with Crippen molar-refractivity contribution in [1.29, 1.82) is 0 Å². The molecule has 4 heteroatoms. The third-order valence-corrected chi connectivity index (χ3v) is 3.41. The summed E-state index contributed by atoms with van der Waals surface area (Å²) in [5.74, 6) is 2.01. The molecule has 19 heavy (non-hydrogen) atoms. The average molecular weight is 323 g/mol. The maximum Gasteiger partial charge on any atom is 0.169 e. The monoisotopic (exact) mass is 322 g/mol. The highest BCUT2D eigenvalue weighted by molar-refractivity contribution is 9.10. The van der Waals surface area contributed by atoms with Crippen LogP contribution in [0.3, 0.4) is 0 Å². The van der Waals surface area contributed by atoms with Crippen LogP contribution in [0.1, 0.15) is 18.6 Å². The lowest BCUT2D eigenvalue weighted by Gasteiger charge is -2.12. The van der Waals surface area contributed by atoms with Gasteiger partial charge in [0.15, 0.2) is 11.5 Å². The lowest BCUT2D eigenvalue weighted by atomic mass is 10.1. The van der Waals surface area contributed by atoms with Crippen molar-refractivity contribution in [3.05, 3.63) is 52.5 Å². The predicted octanol–water partition coefficient (Wildman–Crippen LogP) is 4.30. The summed E-state index contributed by atoms with van der Waals surface area (Å²) in [7, 11) is 1.61. The molecule has 0 unspecified atom stereocenters. The summed E-state index contributed by atoms with van der Waals surface area (Å²) in [5, 5.41) is 9.58. The number of benzene rings is 2. The van der Waals surface area contributed by atoms with Gasteiger partial charge in [0.25, 0.3) is 0 Å². The van der Waals surface area contributed by atoms with E-state index in [1.807, 2.05) is 42.5 Å². The van der Waals surface area contributed by atoms with Crippen molar-refractivity contribution in [2.45, 2.75) is 13.0 Å². The average Bonchev–Trinajstić information content (AvgIpc) is 2.39. The van der Waals surface area contributed by atoms with E-state index in [0.29, 0.717) is 17.2 Å². The number of rotatable bonds is 4. The molecule has 1 N–H and O–H groups in total. The number of hydrogen-bond donors (Lipinski definition) is 1. The van der Waals surface area contributed by atoms with E-state index in [4.69, 9.17) is 9.47 Å². The van der Waals surface area contributed by atoms with Gasteiger partial charge in [0.1, 0.15) is 5.75 Å². The molecular formula is C15H15BrO3. The summed E-state index contributed by atoms with van der Waals surface area (Å²) in [4.78, 5) is 0. The quantitative estimate of drug-likeness (QED) is 0.911. The molecule has 0 fully saturated rings. The second kappa shape index (κ2) is 6.08. The van der Waals surface area contributed by atoms with Crippen molar-refractivity contribution < 1.29 is 14.6 Å². The Labute approximate surface area is 120 Å². The molecule has 2 aromatic rings. The SMILES string of the molecule is COc1ccccc1Oc1ccc([C@H](C)O)c(Br)c1. The van der Waals surface area contributed by atoms with Gasteiger partial charge < -0.3 is 14.6 Å². The van der Waals surface area contributed by atoms with Gasteiger partial charge in [-0.1, -0.05) is 34.1 Å². The summed E-state index contributed by atoms with van der Waals surface area (Å²) < 4.78 is 11.8. The first-order valence-corrected chi connectivity index (χ1v) is 6.69.